The van der Waals surface area contributed by atoms with Crippen molar-refractivity contribution in [3.8, 4) is 5.75 Å². The Labute approximate surface area is 70.8 Å². The second-order valence-electron chi connectivity index (χ2n) is 2.60. The Hall–Kier alpha value is -1.44. The Morgan fingerprint density at radius 2 is 2.08 bits per heavy atom. The van der Waals surface area contributed by atoms with Gasteiger partial charge in [0.15, 0.2) is 0 Å². The molecule has 1 aromatic heterocycles. The van der Waals surface area contributed by atoms with Crippen molar-refractivity contribution in [1.29, 1.82) is 0 Å². The summed E-state index contributed by atoms with van der Waals surface area (Å²) >= 11 is 0. The molecule has 0 spiro atoms. The van der Waals surface area contributed by atoms with E-state index in [0.29, 0.717) is 6.61 Å². The normalized spacial score (nSPS) is 10.4. The highest BCUT2D eigenvalue weighted by Crippen LogP contribution is 2.21. The van der Waals surface area contributed by atoms with Gasteiger partial charge in [-0.2, -0.15) is 0 Å². The number of rotatable bonds is 2. The van der Waals surface area contributed by atoms with Crippen LogP contribution in [0.1, 0.15) is 6.92 Å². The summed E-state index contributed by atoms with van der Waals surface area (Å²) < 4.78 is 10.4. The highest BCUT2D eigenvalue weighted by Gasteiger charge is 1.97. The summed E-state index contributed by atoms with van der Waals surface area (Å²) in [5.41, 5.74) is 0. The minimum atomic E-state index is 0.698. The molecule has 62 valence electrons. The number of fused-ring (bicyclic) bond motifs is 1. The first kappa shape index (κ1) is 7.22. The fraction of sp³-hybridized carbons (Fsp3) is 0.200. The first-order chi connectivity index (χ1) is 5.90. The van der Waals surface area contributed by atoms with Crippen LogP contribution in [0.2, 0.25) is 0 Å². The molecule has 0 N–H and O–H groups in total. The fourth-order valence-corrected chi connectivity index (χ4v) is 1.20. The van der Waals surface area contributed by atoms with Gasteiger partial charge in [0.2, 0.25) is 0 Å². The molecule has 2 aromatic rings. The van der Waals surface area contributed by atoms with Gasteiger partial charge in [-0.15, -0.1) is 0 Å². The molecule has 12 heavy (non-hydrogen) atoms. The Morgan fingerprint density at radius 3 is 2.92 bits per heavy atom. The highest BCUT2D eigenvalue weighted by molar-refractivity contribution is 5.82. The molecule has 0 saturated carbocycles. The number of hydrogen-bond acceptors (Lipinski definition) is 2. The largest absolute Gasteiger partial charge is 0.494 e. The molecular weight excluding hydrogens is 152 g/mol. The Kier molecular flexibility index (Phi) is 1.74. The van der Waals surface area contributed by atoms with Gasteiger partial charge in [-0.1, -0.05) is 0 Å². The highest BCUT2D eigenvalue weighted by atomic mass is 16.5. The van der Waals surface area contributed by atoms with Crippen molar-refractivity contribution >= 4 is 10.8 Å². The molecule has 2 rings (SSSR count). The van der Waals surface area contributed by atoms with E-state index in [9.17, 15) is 0 Å². The lowest BCUT2D eigenvalue weighted by Gasteiger charge is -2.00. The van der Waals surface area contributed by atoms with Gasteiger partial charge >= 0.3 is 0 Å². The molecular formula is C10H10O2. The second-order valence-corrected chi connectivity index (χ2v) is 2.60. The van der Waals surface area contributed by atoms with E-state index in [1.165, 1.54) is 0 Å². The summed E-state index contributed by atoms with van der Waals surface area (Å²) in [4.78, 5) is 0. The number of hydrogen-bond donors (Lipinski definition) is 0. The molecule has 0 aliphatic carbocycles. The van der Waals surface area contributed by atoms with Crippen LogP contribution >= 0.6 is 0 Å². The van der Waals surface area contributed by atoms with Gasteiger partial charge < -0.3 is 9.15 Å². The predicted molar refractivity (Wildman–Crippen MR) is 47.4 cm³/mol. The molecule has 0 aliphatic rings. The molecule has 1 heterocycles. The zero-order valence-corrected chi connectivity index (χ0v) is 6.91. The Bertz CT molecular complexity index is 376. The van der Waals surface area contributed by atoms with Crippen LogP contribution in [0.25, 0.3) is 10.8 Å². The smallest absolute Gasteiger partial charge is 0.120 e. The molecule has 0 unspecified atom stereocenters. The molecule has 1 aromatic carbocycles. The molecule has 0 radical (unpaired) electrons. The maximum atomic E-state index is 5.34. The van der Waals surface area contributed by atoms with Crippen LogP contribution in [0, 0.1) is 0 Å². The second kappa shape index (κ2) is 2.89. The number of benzene rings is 1. The Morgan fingerprint density at radius 1 is 1.25 bits per heavy atom. The molecule has 0 atom stereocenters. The summed E-state index contributed by atoms with van der Waals surface area (Å²) in [5.74, 6) is 0.895. The average Bonchev–Trinajstić information content (AvgIpc) is 2.51. The van der Waals surface area contributed by atoms with Crippen molar-refractivity contribution in [2.75, 3.05) is 6.61 Å². The van der Waals surface area contributed by atoms with Gasteiger partial charge in [0.1, 0.15) is 5.75 Å². The van der Waals surface area contributed by atoms with E-state index < -0.39 is 0 Å². The van der Waals surface area contributed by atoms with Crippen molar-refractivity contribution < 1.29 is 9.15 Å². The average molecular weight is 162 g/mol. The molecule has 0 saturated heterocycles. The van der Waals surface area contributed by atoms with Gasteiger partial charge in [-0.25, -0.2) is 0 Å². The third-order valence-corrected chi connectivity index (χ3v) is 1.76. The van der Waals surface area contributed by atoms with Crippen LogP contribution < -0.4 is 4.74 Å². The van der Waals surface area contributed by atoms with Gasteiger partial charge in [-0.3, -0.25) is 0 Å². The van der Waals surface area contributed by atoms with Gasteiger partial charge in [0.05, 0.1) is 19.1 Å². The van der Waals surface area contributed by atoms with E-state index in [-0.39, 0.29) is 0 Å². The van der Waals surface area contributed by atoms with Crippen molar-refractivity contribution in [2.24, 2.45) is 0 Å². The quantitative estimate of drug-likeness (QED) is 0.677. The first-order valence-corrected chi connectivity index (χ1v) is 3.99. The molecule has 0 amide bonds. The van der Waals surface area contributed by atoms with Crippen LogP contribution in [0.15, 0.2) is 35.1 Å². The summed E-state index contributed by atoms with van der Waals surface area (Å²) in [5, 5.41) is 2.19. The fourth-order valence-electron chi connectivity index (χ4n) is 1.20. The lowest BCUT2D eigenvalue weighted by Crippen LogP contribution is -1.89. The van der Waals surface area contributed by atoms with Gasteiger partial charge in [0.25, 0.3) is 0 Å². The summed E-state index contributed by atoms with van der Waals surface area (Å²) in [6.07, 6.45) is 3.45. The van der Waals surface area contributed by atoms with Gasteiger partial charge in [-0.05, 0) is 25.1 Å². The molecule has 0 fully saturated rings. The van der Waals surface area contributed by atoms with E-state index in [1.807, 2.05) is 25.1 Å². The summed E-state index contributed by atoms with van der Waals surface area (Å²) in [6, 6.07) is 5.91. The van der Waals surface area contributed by atoms with E-state index in [0.717, 1.165) is 16.5 Å². The SMILES string of the molecule is CCOc1ccc2cocc2c1. The summed E-state index contributed by atoms with van der Waals surface area (Å²) in [7, 11) is 0. The predicted octanol–water partition coefficient (Wildman–Crippen LogP) is 2.83. The van der Waals surface area contributed by atoms with E-state index >= 15 is 0 Å². The maximum Gasteiger partial charge on any atom is 0.120 e. The zero-order valence-electron chi connectivity index (χ0n) is 6.91. The molecule has 0 bridgehead atoms. The topological polar surface area (TPSA) is 22.4 Å². The standard InChI is InChI=1S/C10H10O2/c1-2-12-10-4-3-8-6-11-7-9(8)5-10/h3-7H,2H2,1H3. The van der Waals surface area contributed by atoms with E-state index in [2.05, 4.69) is 0 Å². The van der Waals surface area contributed by atoms with E-state index in [4.69, 9.17) is 9.15 Å². The van der Waals surface area contributed by atoms with Crippen molar-refractivity contribution in [1.82, 2.24) is 0 Å². The van der Waals surface area contributed by atoms with Crippen molar-refractivity contribution in [3.05, 3.63) is 30.7 Å². The minimum Gasteiger partial charge on any atom is -0.494 e. The molecule has 2 heteroatoms. The Balaban J connectivity index is 2.46. The number of furan rings is 1. The summed E-state index contributed by atoms with van der Waals surface area (Å²) in [6.45, 7) is 2.67. The molecule has 2 nitrogen and oxygen atoms in total. The van der Waals surface area contributed by atoms with Crippen LogP contribution in [-0.4, -0.2) is 6.61 Å². The third-order valence-electron chi connectivity index (χ3n) is 1.76. The maximum absolute atomic E-state index is 5.34. The zero-order chi connectivity index (χ0) is 8.39. The lowest BCUT2D eigenvalue weighted by atomic mass is 10.2. The number of ether oxygens (including phenoxy) is 1. The van der Waals surface area contributed by atoms with Crippen LogP contribution in [-0.2, 0) is 0 Å². The van der Waals surface area contributed by atoms with Crippen LogP contribution in [0.3, 0.4) is 0 Å². The van der Waals surface area contributed by atoms with Gasteiger partial charge in [0, 0.05) is 10.8 Å². The van der Waals surface area contributed by atoms with Crippen molar-refractivity contribution in [3.63, 3.8) is 0 Å². The van der Waals surface area contributed by atoms with Crippen LogP contribution in [0.5, 0.6) is 5.75 Å². The van der Waals surface area contributed by atoms with Crippen LogP contribution in [0.4, 0.5) is 0 Å². The third kappa shape index (κ3) is 1.16. The monoisotopic (exact) mass is 162 g/mol. The van der Waals surface area contributed by atoms with Crippen molar-refractivity contribution in [2.45, 2.75) is 6.92 Å². The van der Waals surface area contributed by atoms with E-state index in [1.54, 1.807) is 12.5 Å². The lowest BCUT2D eigenvalue weighted by molar-refractivity contribution is 0.341. The first-order valence-electron chi connectivity index (χ1n) is 3.99. The molecule has 0 aliphatic heterocycles. The minimum absolute atomic E-state index is 0.698.